The lowest BCUT2D eigenvalue weighted by Crippen LogP contribution is -2.15. The highest BCUT2D eigenvalue weighted by atomic mass is 16.6. The van der Waals surface area contributed by atoms with Crippen molar-refractivity contribution in [1.29, 1.82) is 0 Å². The molecular weight excluding hydrogens is 264 g/mol. The van der Waals surface area contributed by atoms with Gasteiger partial charge in [0.2, 0.25) is 0 Å². The first-order valence-electron chi connectivity index (χ1n) is 5.64. The van der Waals surface area contributed by atoms with Gasteiger partial charge in [-0.3, -0.25) is 19.6 Å². The van der Waals surface area contributed by atoms with Crippen LogP contribution in [0.15, 0.2) is 24.5 Å². The molecule has 9 nitrogen and oxygen atoms in total. The summed E-state index contributed by atoms with van der Waals surface area (Å²) in [5, 5.41) is 17.6. The number of anilines is 1. The van der Waals surface area contributed by atoms with Crippen LogP contribution in [0.1, 0.15) is 16.2 Å². The number of benzene rings is 1. The highest BCUT2D eigenvalue weighted by molar-refractivity contribution is 5.99. The van der Waals surface area contributed by atoms with Gasteiger partial charge >= 0.3 is 0 Å². The zero-order chi connectivity index (χ0) is 14.7. The maximum Gasteiger partial charge on any atom is 0.270 e. The fourth-order valence-electron chi connectivity index (χ4n) is 1.66. The smallest absolute Gasteiger partial charge is 0.270 e. The number of non-ortho nitro benzene ring substituents is 1. The molecular formula is C11H12N6O3. The van der Waals surface area contributed by atoms with Crippen LogP contribution in [0.5, 0.6) is 0 Å². The number of primary amides is 1. The third-order valence-electron chi connectivity index (χ3n) is 2.72. The second-order valence-corrected chi connectivity index (χ2v) is 4.00. The Kier molecular flexibility index (Phi) is 3.60. The van der Waals surface area contributed by atoms with Crippen LogP contribution in [0.2, 0.25) is 0 Å². The molecule has 0 spiro atoms. The molecule has 0 aliphatic rings. The molecule has 0 fully saturated rings. The van der Waals surface area contributed by atoms with E-state index in [-0.39, 0.29) is 11.3 Å². The van der Waals surface area contributed by atoms with Crippen LogP contribution in [0.4, 0.5) is 11.4 Å². The molecule has 0 saturated heterocycles. The van der Waals surface area contributed by atoms with Gasteiger partial charge in [-0.05, 0) is 6.07 Å². The van der Waals surface area contributed by atoms with Crippen molar-refractivity contribution >= 4 is 17.3 Å². The minimum atomic E-state index is -0.742. The van der Waals surface area contributed by atoms with Crippen LogP contribution in [-0.2, 0) is 13.6 Å². The van der Waals surface area contributed by atoms with Crippen molar-refractivity contribution in [2.75, 3.05) is 5.32 Å². The van der Waals surface area contributed by atoms with Crippen LogP contribution in [-0.4, -0.2) is 25.6 Å². The lowest BCUT2D eigenvalue weighted by atomic mass is 10.1. The van der Waals surface area contributed by atoms with Gasteiger partial charge in [-0.2, -0.15) is 5.10 Å². The van der Waals surface area contributed by atoms with Crippen molar-refractivity contribution in [3.05, 3.63) is 46.0 Å². The number of nitrogens with two attached hydrogens (primary N) is 1. The minimum Gasteiger partial charge on any atom is -0.377 e. The number of hydrogen-bond donors (Lipinski definition) is 2. The van der Waals surface area contributed by atoms with Gasteiger partial charge in [0.25, 0.3) is 11.6 Å². The van der Waals surface area contributed by atoms with Gasteiger partial charge in [0.15, 0.2) is 0 Å². The van der Waals surface area contributed by atoms with Crippen molar-refractivity contribution in [2.45, 2.75) is 6.54 Å². The first-order chi connectivity index (χ1) is 9.49. The van der Waals surface area contributed by atoms with E-state index < -0.39 is 10.8 Å². The lowest BCUT2D eigenvalue weighted by molar-refractivity contribution is -0.384. The van der Waals surface area contributed by atoms with Crippen LogP contribution < -0.4 is 11.1 Å². The number of aryl methyl sites for hydroxylation is 1. The van der Waals surface area contributed by atoms with E-state index in [1.165, 1.54) is 18.5 Å². The van der Waals surface area contributed by atoms with Crippen LogP contribution >= 0.6 is 0 Å². The van der Waals surface area contributed by atoms with Crippen molar-refractivity contribution < 1.29 is 9.72 Å². The summed E-state index contributed by atoms with van der Waals surface area (Å²) in [4.78, 5) is 25.5. The van der Waals surface area contributed by atoms with Gasteiger partial charge in [-0.15, -0.1) is 0 Å². The third-order valence-corrected chi connectivity index (χ3v) is 2.72. The number of carbonyl (C=O) groups excluding carboxylic acids is 1. The first kappa shape index (κ1) is 13.5. The highest BCUT2D eigenvalue weighted by Crippen LogP contribution is 2.22. The monoisotopic (exact) mass is 276 g/mol. The van der Waals surface area contributed by atoms with E-state index in [2.05, 4.69) is 15.4 Å². The van der Waals surface area contributed by atoms with Gasteiger partial charge in [0.05, 0.1) is 17.0 Å². The van der Waals surface area contributed by atoms with Crippen LogP contribution in [0, 0.1) is 10.1 Å². The van der Waals surface area contributed by atoms with Crippen molar-refractivity contribution in [1.82, 2.24) is 14.8 Å². The molecule has 2 rings (SSSR count). The summed E-state index contributed by atoms with van der Waals surface area (Å²) < 4.78 is 1.57. The van der Waals surface area contributed by atoms with Crippen LogP contribution in [0.3, 0.4) is 0 Å². The molecule has 3 N–H and O–H groups in total. The lowest BCUT2D eigenvalue weighted by Gasteiger charge is -2.09. The number of rotatable bonds is 5. The number of hydrogen-bond acceptors (Lipinski definition) is 6. The summed E-state index contributed by atoms with van der Waals surface area (Å²) in [6.45, 7) is 0.314. The number of nitro benzene ring substituents is 1. The molecule has 0 saturated carbocycles. The van der Waals surface area contributed by atoms with Gasteiger partial charge in [0.1, 0.15) is 12.2 Å². The zero-order valence-electron chi connectivity index (χ0n) is 10.6. The Labute approximate surface area is 113 Å². The largest absolute Gasteiger partial charge is 0.377 e. The van der Waals surface area contributed by atoms with E-state index >= 15 is 0 Å². The Balaban J connectivity index is 2.25. The van der Waals surface area contributed by atoms with Crippen molar-refractivity contribution in [3.8, 4) is 0 Å². The average Bonchev–Trinajstić information content (AvgIpc) is 2.81. The molecule has 0 aliphatic heterocycles. The summed E-state index contributed by atoms with van der Waals surface area (Å²) in [6.07, 6.45) is 1.40. The number of amides is 1. The van der Waals surface area contributed by atoms with Crippen molar-refractivity contribution in [2.24, 2.45) is 12.8 Å². The molecule has 2 aromatic rings. The number of carbonyl (C=O) groups is 1. The Bertz CT molecular complexity index is 666. The fraction of sp³-hybridized carbons (Fsp3) is 0.182. The van der Waals surface area contributed by atoms with Crippen LogP contribution in [0.25, 0.3) is 0 Å². The molecule has 1 aromatic heterocycles. The first-order valence-corrected chi connectivity index (χ1v) is 5.64. The summed E-state index contributed by atoms with van der Waals surface area (Å²) in [5.41, 5.74) is 5.50. The van der Waals surface area contributed by atoms with Gasteiger partial charge in [-0.25, -0.2) is 4.98 Å². The molecule has 9 heteroatoms. The average molecular weight is 276 g/mol. The van der Waals surface area contributed by atoms with Gasteiger partial charge < -0.3 is 11.1 Å². The predicted molar refractivity (Wildman–Crippen MR) is 69.9 cm³/mol. The maximum atomic E-state index is 11.4. The number of nitro groups is 1. The van der Waals surface area contributed by atoms with Crippen molar-refractivity contribution in [3.63, 3.8) is 0 Å². The van der Waals surface area contributed by atoms with Gasteiger partial charge in [-0.1, -0.05) is 0 Å². The Morgan fingerprint density at radius 1 is 1.55 bits per heavy atom. The van der Waals surface area contributed by atoms with E-state index in [4.69, 9.17) is 5.73 Å². The number of nitrogens with zero attached hydrogens (tertiary/aromatic N) is 4. The summed E-state index contributed by atoms with van der Waals surface area (Å²) in [7, 11) is 1.73. The summed E-state index contributed by atoms with van der Waals surface area (Å²) in [6, 6.07) is 3.88. The molecule has 0 unspecified atom stereocenters. The molecule has 0 aliphatic carbocycles. The Morgan fingerprint density at radius 3 is 2.85 bits per heavy atom. The summed E-state index contributed by atoms with van der Waals surface area (Å²) in [5.74, 6) is -0.0899. The van der Waals surface area contributed by atoms with E-state index in [0.29, 0.717) is 18.1 Å². The molecule has 20 heavy (non-hydrogen) atoms. The van der Waals surface area contributed by atoms with E-state index in [1.807, 2.05) is 0 Å². The van der Waals surface area contributed by atoms with Gasteiger partial charge in [0, 0.05) is 24.9 Å². The predicted octanol–water partition coefficient (Wildman–Crippen LogP) is 0.434. The van der Waals surface area contributed by atoms with E-state index in [9.17, 15) is 14.9 Å². The molecule has 0 radical (unpaired) electrons. The topological polar surface area (TPSA) is 129 Å². The zero-order valence-corrected chi connectivity index (χ0v) is 10.6. The second kappa shape index (κ2) is 5.34. The fourth-order valence-corrected chi connectivity index (χ4v) is 1.66. The molecule has 0 bridgehead atoms. The molecule has 1 heterocycles. The third kappa shape index (κ3) is 2.71. The Hall–Kier alpha value is -2.97. The molecule has 0 atom stereocenters. The molecule has 1 amide bonds. The normalized spacial score (nSPS) is 10.2. The minimum absolute atomic E-state index is 0.0568. The standard InChI is InChI=1S/C11H12N6O3/c1-16-10(14-6-15-16)5-13-9-3-2-7(17(19)20)4-8(9)11(12)18/h2-4,6,13H,5H2,1H3,(H2,12,18). The molecule has 1 aromatic carbocycles. The SMILES string of the molecule is Cn1ncnc1CNc1ccc([N+](=O)[O-])cc1C(N)=O. The molecule has 104 valence electrons. The second-order valence-electron chi connectivity index (χ2n) is 4.00. The Morgan fingerprint density at radius 2 is 2.30 bits per heavy atom. The number of nitrogens with one attached hydrogen (secondary N) is 1. The van der Waals surface area contributed by atoms with E-state index in [0.717, 1.165) is 6.07 Å². The maximum absolute atomic E-state index is 11.4. The summed E-state index contributed by atoms with van der Waals surface area (Å²) >= 11 is 0. The van der Waals surface area contributed by atoms with E-state index in [1.54, 1.807) is 11.7 Å². The number of aromatic nitrogens is 3. The quantitative estimate of drug-likeness (QED) is 0.602. The highest BCUT2D eigenvalue weighted by Gasteiger charge is 2.14.